The molecule has 4 rings (SSSR count). The number of nitrogens with one attached hydrogen (secondary N) is 3. The summed E-state index contributed by atoms with van der Waals surface area (Å²) in [7, 11) is 0. The van der Waals surface area contributed by atoms with Gasteiger partial charge < -0.3 is 16.0 Å². The molecule has 0 bridgehead atoms. The monoisotopic (exact) mass is 480 g/mol. The average molecular weight is 481 g/mol. The van der Waals surface area contributed by atoms with Crippen molar-refractivity contribution in [3.05, 3.63) is 77.1 Å². The number of hydrogen-bond donors (Lipinski definition) is 3. The third-order valence-electron chi connectivity index (χ3n) is 5.11. The number of urea groups is 1. The zero-order chi connectivity index (χ0) is 24.1. The summed E-state index contributed by atoms with van der Waals surface area (Å²) in [6, 6.07) is 13.5. The van der Waals surface area contributed by atoms with E-state index in [0.29, 0.717) is 28.5 Å². The van der Waals surface area contributed by atoms with E-state index in [4.69, 9.17) is 11.6 Å². The average Bonchev–Trinajstić information content (AvgIpc) is 3.41. The molecule has 0 aliphatic carbocycles. The highest BCUT2D eigenvalue weighted by Crippen LogP contribution is 2.17. The molecule has 0 unspecified atom stereocenters. The van der Waals surface area contributed by atoms with E-state index in [1.54, 1.807) is 41.2 Å². The number of imide groups is 1. The van der Waals surface area contributed by atoms with Crippen LogP contribution in [-0.4, -0.2) is 51.5 Å². The third-order valence-corrected chi connectivity index (χ3v) is 5.48. The number of benzene rings is 2. The Morgan fingerprint density at radius 1 is 1.03 bits per heavy atom. The summed E-state index contributed by atoms with van der Waals surface area (Å²) >= 11 is 6.18. The Morgan fingerprint density at radius 2 is 1.74 bits per heavy atom. The maximum Gasteiger partial charge on any atom is 0.324 e. The molecule has 3 aromatic rings. The van der Waals surface area contributed by atoms with Gasteiger partial charge in [0.15, 0.2) is 0 Å². The molecule has 10 nitrogen and oxygen atoms in total. The van der Waals surface area contributed by atoms with E-state index >= 15 is 0 Å². The maximum absolute atomic E-state index is 12.5. The second-order valence-corrected chi connectivity index (χ2v) is 7.96. The van der Waals surface area contributed by atoms with Gasteiger partial charge in [-0.05, 0) is 35.9 Å². The van der Waals surface area contributed by atoms with Gasteiger partial charge in [0.1, 0.15) is 0 Å². The van der Waals surface area contributed by atoms with Gasteiger partial charge in [0.2, 0.25) is 11.8 Å². The molecule has 0 atom stereocenters. The Morgan fingerprint density at radius 3 is 2.41 bits per heavy atom. The Balaban J connectivity index is 1.28. The van der Waals surface area contributed by atoms with Crippen molar-refractivity contribution in [1.82, 2.24) is 20.0 Å². The predicted molar refractivity (Wildman–Crippen MR) is 126 cm³/mol. The molecule has 1 saturated heterocycles. The van der Waals surface area contributed by atoms with Crippen molar-refractivity contribution in [2.24, 2.45) is 0 Å². The van der Waals surface area contributed by atoms with Crippen LogP contribution < -0.4 is 16.0 Å². The zero-order valence-corrected chi connectivity index (χ0v) is 18.7. The summed E-state index contributed by atoms with van der Waals surface area (Å²) in [6.07, 6.45) is 3.10. The standard InChI is InChI=1S/C23H21ClN6O4/c24-19-4-2-1-3-15(19)13-29-14-16(11-26-29)22(33)28-18-7-5-17(6-8-18)27-20(31)9-10-30-21(32)12-25-23(30)34/h1-8,11,14H,9-10,12-13H2,(H,25,34)(H,27,31)(H,28,33). The highest BCUT2D eigenvalue weighted by atomic mass is 35.5. The fourth-order valence-electron chi connectivity index (χ4n) is 3.33. The number of amides is 5. The van der Waals surface area contributed by atoms with Gasteiger partial charge in [-0.3, -0.25) is 24.0 Å². The van der Waals surface area contributed by atoms with Crippen molar-refractivity contribution in [3.8, 4) is 0 Å². The number of aromatic nitrogens is 2. The zero-order valence-electron chi connectivity index (χ0n) is 18.0. The maximum atomic E-state index is 12.5. The van der Waals surface area contributed by atoms with Crippen LogP contribution in [0.15, 0.2) is 60.9 Å². The molecule has 1 aliphatic heterocycles. The van der Waals surface area contributed by atoms with Gasteiger partial charge in [0.25, 0.3) is 5.91 Å². The van der Waals surface area contributed by atoms with Gasteiger partial charge in [0.05, 0.1) is 24.8 Å². The first-order chi connectivity index (χ1) is 16.4. The molecule has 2 heterocycles. The summed E-state index contributed by atoms with van der Waals surface area (Å²) in [5.74, 6) is -1.02. The van der Waals surface area contributed by atoms with Gasteiger partial charge in [-0.2, -0.15) is 5.10 Å². The normalized spacial score (nSPS) is 13.0. The van der Waals surface area contributed by atoms with Gasteiger partial charge in [-0.15, -0.1) is 0 Å². The first-order valence-electron chi connectivity index (χ1n) is 10.4. The summed E-state index contributed by atoms with van der Waals surface area (Å²) in [5, 5.41) is 12.7. The van der Waals surface area contributed by atoms with Gasteiger partial charge in [0, 0.05) is 35.6 Å². The lowest BCUT2D eigenvalue weighted by Gasteiger charge is -2.12. The molecule has 34 heavy (non-hydrogen) atoms. The lowest BCUT2D eigenvalue weighted by molar-refractivity contribution is -0.125. The molecule has 3 N–H and O–H groups in total. The first kappa shape index (κ1) is 23.0. The largest absolute Gasteiger partial charge is 0.329 e. The van der Waals surface area contributed by atoms with Crippen LogP contribution in [-0.2, 0) is 16.1 Å². The van der Waals surface area contributed by atoms with Crippen molar-refractivity contribution in [2.45, 2.75) is 13.0 Å². The highest BCUT2D eigenvalue weighted by Gasteiger charge is 2.28. The van der Waals surface area contributed by atoms with Crippen molar-refractivity contribution in [3.63, 3.8) is 0 Å². The van der Waals surface area contributed by atoms with Crippen LogP contribution in [0.25, 0.3) is 0 Å². The lowest BCUT2D eigenvalue weighted by atomic mass is 10.2. The smallest absolute Gasteiger partial charge is 0.324 e. The van der Waals surface area contributed by atoms with E-state index < -0.39 is 6.03 Å². The number of hydrogen-bond acceptors (Lipinski definition) is 5. The lowest BCUT2D eigenvalue weighted by Crippen LogP contribution is -2.33. The van der Waals surface area contributed by atoms with E-state index in [0.717, 1.165) is 10.5 Å². The first-order valence-corrected chi connectivity index (χ1v) is 10.8. The van der Waals surface area contributed by atoms with Crippen LogP contribution in [0.1, 0.15) is 22.3 Å². The van der Waals surface area contributed by atoms with E-state index in [2.05, 4.69) is 21.0 Å². The highest BCUT2D eigenvalue weighted by molar-refractivity contribution is 6.31. The molecule has 0 saturated carbocycles. The minimum absolute atomic E-state index is 0.00873. The molecule has 1 aromatic heterocycles. The quantitative estimate of drug-likeness (QED) is 0.427. The summed E-state index contributed by atoms with van der Waals surface area (Å²) in [6.45, 7) is 0.405. The summed E-state index contributed by atoms with van der Waals surface area (Å²) in [4.78, 5) is 48.7. The molecule has 1 aliphatic rings. The topological polar surface area (TPSA) is 125 Å². The van der Waals surface area contributed by atoms with Crippen LogP contribution >= 0.6 is 11.6 Å². The predicted octanol–water partition coefficient (Wildman–Crippen LogP) is 2.72. The van der Waals surface area contributed by atoms with E-state index in [1.165, 1.54) is 6.20 Å². The van der Waals surface area contributed by atoms with Crippen molar-refractivity contribution < 1.29 is 19.2 Å². The van der Waals surface area contributed by atoms with Crippen LogP contribution in [0, 0.1) is 0 Å². The Labute approximate surface area is 199 Å². The summed E-state index contributed by atoms with van der Waals surface area (Å²) in [5.41, 5.74) is 2.35. The number of rotatable bonds is 8. The number of nitrogens with zero attached hydrogens (tertiary/aromatic N) is 3. The minimum Gasteiger partial charge on any atom is -0.329 e. The van der Waals surface area contributed by atoms with Gasteiger partial charge in [-0.25, -0.2) is 4.79 Å². The Hall–Kier alpha value is -4.18. The van der Waals surface area contributed by atoms with E-state index in [9.17, 15) is 19.2 Å². The Bertz CT molecular complexity index is 1220. The van der Waals surface area contributed by atoms with Crippen LogP contribution in [0.2, 0.25) is 5.02 Å². The third kappa shape index (κ3) is 5.59. The van der Waals surface area contributed by atoms with Crippen molar-refractivity contribution >= 4 is 46.7 Å². The van der Waals surface area contributed by atoms with Crippen LogP contribution in [0.3, 0.4) is 0 Å². The van der Waals surface area contributed by atoms with Crippen LogP contribution in [0.4, 0.5) is 16.2 Å². The molecule has 174 valence electrons. The van der Waals surface area contributed by atoms with Crippen molar-refractivity contribution in [2.75, 3.05) is 23.7 Å². The van der Waals surface area contributed by atoms with Gasteiger partial charge in [-0.1, -0.05) is 29.8 Å². The van der Waals surface area contributed by atoms with Crippen molar-refractivity contribution in [1.29, 1.82) is 0 Å². The number of anilines is 2. The Kier molecular flexibility index (Phi) is 6.88. The molecule has 0 radical (unpaired) electrons. The molecule has 1 fully saturated rings. The minimum atomic E-state index is -0.493. The molecule has 0 spiro atoms. The molecule has 11 heteroatoms. The molecular weight excluding hydrogens is 460 g/mol. The van der Waals surface area contributed by atoms with E-state index in [1.807, 2.05) is 18.2 Å². The number of carbonyl (C=O) groups is 4. The molecular formula is C23H21ClN6O4. The number of halogens is 1. The number of carbonyl (C=O) groups excluding carboxylic acids is 4. The fourth-order valence-corrected chi connectivity index (χ4v) is 3.52. The van der Waals surface area contributed by atoms with Gasteiger partial charge >= 0.3 is 6.03 Å². The van der Waals surface area contributed by atoms with E-state index in [-0.39, 0.29) is 37.2 Å². The summed E-state index contributed by atoms with van der Waals surface area (Å²) < 4.78 is 1.63. The van der Waals surface area contributed by atoms with Crippen LogP contribution in [0.5, 0.6) is 0 Å². The molecule has 2 aromatic carbocycles. The second kappa shape index (κ2) is 10.2. The SMILES string of the molecule is O=C(CCN1C(=O)CNC1=O)Nc1ccc(NC(=O)c2cnn(Cc3ccccc3Cl)c2)cc1. The fraction of sp³-hybridized carbons (Fsp3) is 0.174. The second-order valence-electron chi connectivity index (χ2n) is 7.55. The molecule has 5 amide bonds.